The molecule has 2 aromatic heterocycles. The number of carbonyl (C=O) groups excluding carboxylic acids is 3. The number of thiophene rings is 1. The number of amides is 3. The molecule has 2 aliphatic heterocycles. The second-order valence-corrected chi connectivity index (χ2v) is 10.4. The lowest BCUT2D eigenvalue weighted by Gasteiger charge is -2.24. The van der Waals surface area contributed by atoms with E-state index in [4.69, 9.17) is 11.6 Å². The molecule has 0 fully saturated rings. The number of fused-ring (bicyclic) bond motifs is 4. The number of benzene rings is 2. The van der Waals surface area contributed by atoms with Gasteiger partial charge in [-0.2, -0.15) is 5.10 Å². The summed E-state index contributed by atoms with van der Waals surface area (Å²) in [5.41, 5.74) is 3.35. The van der Waals surface area contributed by atoms with E-state index in [9.17, 15) is 14.4 Å². The molecule has 1 N–H and O–H groups in total. The smallest absolute Gasteiger partial charge is 0.261 e. The Hall–Kier alpha value is -3.75. The van der Waals surface area contributed by atoms with Gasteiger partial charge >= 0.3 is 0 Å². The van der Waals surface area contributed by atoms with Crippen molar-refractivity contribution in [3.05, 3.63) is 98.3 Å². The Balaban J connectivity index is 1.30. The van der Waals surface area contributed by atoms with Crippen molar-refractivity contribution in [1.29, 1.82) is 0 Å². The molecule has 6 rings (SSSR count). The van der Waals surface area contributed by atoms with Crippen LogP contribution in [-0.2, 0) is 13.0 Å². The van der Waals surface area contributed by atoms with Crippen LogP contribution in [-0.4, -0.2) is 38.9 Å². The van der Waals surface area contributed by atoms with Crippen LogP contribution in [0.1, 0.15) is 53.3 Å². The van der Waals surface area contributed by atoms with Crippen LogP contribution < -0.4 is 5.32 Å². The fourth-order valence-electron chi connectivity index (χ4n) is 4.85. The highest BCUT2D eigenvalue weighted by Crippen LogP contribution is 2.39. The normalized spacial score (nSPS) is 15.2. The number of hydrogen-bond acceptors (Lipinski definition) is 5. The van der Waals surface area contributed by atoms with Gasteiger partial charge in [0.1, 0.15) is 0 Å². The molecule has 0 radical (unpaired) electrons. The first-order chi connectivity index (χ1) is 17.5. The summed E-state index contributed by atoms with van der Waals surface area (Å²) in [5, 5.41) is 8.00. The predicted molar refractivity (Wildman–Crippen MR) is 137 cm³/mol. The Kier molecular flexibility index (Phi) is 5.70. The van der Waals surface area contributed by atoms with Crippen LogP contribution in [0.3, 0.4) is 0 Å². The maximum Gasteiger partial charge on any atom is 0.261 e. The summed E-state index contributed by atoms with van der Waals surface area (Å²) in [6.45, 7) is 0.813. The molecule has 0 spiro atoms. The number of hydrogen-bond donors (Lipinski definition) is 1. The van der Waals surface area contributed by atoms with Crippen LogP contribution in [0.15, 0.2) is 66.9 Å². The molecule has 0 aliphatic carbocycles. The topological polar surface area (TPSA) is 84.3 Å². The van der Waals surface area contributed by atoms with Crippen LogP contribution >= 0.6 is 22.9 Å². The molecular formula is C27H21ClN4O3S. The highest BCUT2D eigenvalue weighted by Gasteiger charge is 2.37. The van der Waals surface area contributed by atoms with E-state index in [0.717, 1.165) is 41.1 Å². The number of nitrogens with zero attached hydrogens (tertiary/aromatic N) is 3. The van der Waals surface area contributed by atoms with E-state index in [1.54, 1.807) is 30.5 Å². The van der Waals surface area contributed by atoms with E-state index in [1.165, 1.54) is 16.2 Å². The lowest BCUT2D eigenvalue weighted by molar-refractivity contribution is 0.0629. The molecule has 0 saturated heterocycles. The summed E-state index contributed by atoms with van der Waals surface area (Å²) in [7, 11) is 0. The van der Waals surface area contributed by atoms with Crippen molar-refractivity contribution in [2.45, 2.75) is 25.4 Å². The van der Waals surface area contributed by atoms with Crippen LogP contribution in [0, 0.1) is 0 Å². The number of rotatable bonds is 5. The zero-order valence-electron chi connectivity index (χ0n) is 19.1. The molecule has 1 unspecified atom stereocenters. The largest absolute Gasteiger partial charge is 0.343 e. The predicted octanol–water partition coefficient (Wildman–Crippen LogP) is 4.98. The average molecular weight is 517 g/mol. The minimum absolute atomic E-state index is 0.0335. The zero-order valence-corrected chi connectivity index (χ0v) is 20.7. The van der Waals surface area contributed by atoms with Gasteiger partial charge in [0.15, 0.2) is 0 Å². The van der Waals surface area contributed by atoms with E-state index in [0.29, 0.717) is 21.0 Å². The van der Waals surface area contributed by atoms with E-state index >= 15 is 0 Å². The van der Waals surface area contributed by atoms with Gasteiger partial charge in [-0.1, -0.05) is 54.1 Å². The Morgan fingerprint density at radius 3 is 2.44 bits per heavy atom. The molecule has 2 aromatic carbocycles. The van der Waals surface area contributed by atoms with Gasteiger partial charge in [0.2, 0.25) is 0 Å². The fraction of sp³-hybridized carbons (Fsp3) is 0.185. The van der Waals surface area contributed by atoms with Crippen molar-refractivity contribution >= 4 is 40.7 Å². The average Bonchev–Trinajstić information content (AvgIpc) is 3.51. The zero-order chi connectivity index (χ0) is 24.8. The Morgan fingerprint density at radius 1 is 1.03 bits per heavy atom. The second kappa shape index (κ2) is 9.04. The maximum atomic E-state index is 13.5. The summed E-state index contributed by atoms with van der Waals surface area (Å²) >= 11 is 7.87. The first-order valence-electron chi connectivity index (χ1n) is 11.7. The fourth-order valence-corrected chi connectivity index (χ4v) is 6.20. The third-order valence-electron chi connectivity index (χ3n) is 6.61. The van der Waals surface area contributed by atoms with Gasteiger partial charge in [-0.15, -0.1) is 11.3 Å². The van der Waals surface area contributed by atoms with E-state index < -0.39 is 6.04 Å². The van der Waals surface area contributed by atoms with Gasteiger partial charge in [-0.05, 0) is 36.6 Å². The second-order valence-electron chi connectivity index (χ2n) is 8.82. The molecule has 9 heteroatoms. The third-order valence-corrected chi connectivity index (χ3v) is 8.08. The van der Waals surface area contributed by atoms with Gasteiger partial charge in [0, 0.05) is 17.0 Å². The Bertz CT molecular complexity index is 1480. The van der Waals surface area contributed by atoms with Crippen LogP contribution in [0.4, 0.5) is 0 Å². The van der Waals surface area contributed by atoms with E-state index in [2.05, 4.69) is 10.4 Å². The number of nitrogens with one attached hydrogen (secondary N) is 1. The molecular weight excluding hydrogens is 496 g/mol. The van der Waals surface area contributed by atoms with E-state index in [-0.39, 0.29) is 24.3 Å². The SMILES string of the molecule is O=C(NC(CN1C(=O)c2ccccc2C1=O)c1ccccc1)c1cc2c(s1)CCCn1ncc(Cl)c1-2. The maximum absolute atomic E-state index is 13.5. The number of aryl methyl sites for hydroxylation is 2. The standard InChI is InChI=1S/C27H21ClN4O3S/c28-20-14-29-32-12-6-11-22-19(24(20)32)13-23(36-22)25(33)30-21(16-7-2-1-3-8-16)15-31-26(34)17-9-4-5-10-18(17)27(31)35/h1-5,7-10,13-14,21H,6,11-12,15H2,(H,30,33). The lowest BCUT2D eigenvalue weighted by atomic mass is 10.1. The highest BCUT2D eigenvalue weighted by molar-refractivity contribution is 7.14. The van der Waals surface area contributed by atoms with Gasteiger partial charge in [-0.25, -0.2) is 0 Å². The molecule has 36 heavy (non-hydrogen) atoms. The van der Waals surface area contributed by atoms with Crippen LogP contribution in [0.2, 0.25) is 5.02 Å². The molecule has 180 valence electrons. The molecule has 0 bridgehead atoms. The lowest BCUT2D eigenvalue weighted by Crippen LogP contribution is -2.40. The van der Waals surface area contributed by atoms with Crippen molar-refractivity contribution in [1.82, 2.24) is 20.0 Å². The quantitative estimate of drug-likeness (QED) is 0.379. The molecule has 4 aromatic rings. The van der Waals surface area contributed by atoms with Crippen molar-refractivity contribution in [2.75, 3.05) is 6.54 Å². The summed E-state index contributed by atoms with van der Waals surface area (Å²) in [6.07, 6.45) is 3.38. The van der Waals surface area contributed by atoms with Gasteiger partial charge < -0.3 is 5.32 Å². The Morgan fingerprint density at radius 2 is 1.72 bits per heavy atom. The van der Waals surface area contributed by atoms with Gasteiger partial charge in [-0.3, -0.25) is 24.0 Å². The molecule has 2 aliphatic rings. The molecule has 4 heterocycles. The first kappa shape index (κ1) is 22.7. The van der Waals surface area contributed by atoms with Gasteiger partial charge in [0.05, 0.1) is 45.5 Å². The minimum Gasteiger partial charge on any atom is -0.343 e. The summed E-state index contributed by atoms with van der Waals surface area (Å²) < 4.78 is 1.89. The molecule has 1 atom stereocenters. The van der Waals surface area contributed by atoms with Crippen molar-refractivity contribution in [2.24, 2.45) is 0 Å². The molecule has 0 saturated carbocycles. The monoisotopic (exact) mass is 516 g/mol. The van der Waals surface area contributed by atoms with E-state index in [1.807, 2.05) is 41.1 Å². The van der Waals surface area contributed by atoms with Gasteiger partial charge in [0.25, 0.3) is 17.7 Å². The van der Waals surface area contributed by atoms with Crippen molar-refractivity contribution in [3.8, 4) is 11.3 Å². The van der Waals surface area contributed by atoms with Crippen molar-refractivity contribution < 1.29 is 14.4 Å². The number of carbonyl (C=O) groups is 3. The Labute approximate surface area is 216 Å². The summed E-state index contributed by atoms with van der Waals surface area (Å²) in [4.78, 5) is 42.3. The third kappa shape index (κ3) is 3.83. The van der Waals surface area contributed by atoms with Crippen molar-refractivity contribution in [3.63, 3.8) is 0 Å². The highest BCUT2D eigenvalue weighted by atomic mass is 35.5. The molecule has 7 nitrogen and oxygen atoms in total. The summed E-state index contributed by atoms with van der Waals surface area (Å²) in [6, 6.07) is 17.5. The number of aromatic nitrogens is 2. The number of imide groups is 1. The first-order valence-corrected chi connectivity index (χ1v) is 12.9. The number of halogens is 1. The molecule has 3 amide bonds. The minimum atomic E-state index is -0.572. The van der Waals surface area contributed by atoms with Crippen LogP contribution in [0.25, 0.3) is 11.3 Å². The summed E-state index contributed by atoms with van der Waals surface area (Å²) in [5.74, 6) is -0.964. The van der Waals surface area contributed by atoms with Crippen LogP contribution in [0.5, 0.6) is 0 Å².